The molecule has 0 aliphatic carbocycles. The first kappa shape index (κ1) is 13.4. The van der Waals surface area contributed by atoms with E-state index in [1.807, 2.05) is 0 Å². The van der Waals surface area contributed by atoms with Gasteiger partial charge in [0.2, 0.25) is 5.78 Å². The molecule has 1 atom stereocenters. The van der Waals surface area contributed by atoms with Crippen molar-refractivity contribution in [3.8, 4) is 0 Å². The molecular formula is C7H8BrF3O3. The minimum Gasteiger partial charge on any atom is -0.476 e. The van der Waals surface area contributed by atoms with Crippen LogP contribution in [0.25, 0.3) is 0 Å². The van der Waals surface area contributed by atoms with Crippen molar-refractivity contribution < 1.29 is 27.8 Å². The van der Waals surface area contributed by atoms with Gasteiger partial charge >= 0.3 is 6.18 Å². The normalized spacial score (nSPS) is 20.9. The first-order valence-electron chi connectivity index (χ1n) is 3.43. The van der Waals surface area contributed by atoms with Crippen LogP contribution in [0.2, 0.25) is 0 Å². The molecule has 0 fully saturated rings. The number of hydrogen-bond acceptors (Lipinski definition) is 3. The lowest BCUT2D eigenvalue weighted by Gasteiger charge is -2.13. The molecule has 1 heterocycles. The monoisotopic (exact) mass is 276 g/mol. The van der Waals surface area contributed by atoms with Gasteiger partial charge in [-0.15, -0.1) is 0 Å². The summed E-state index contributed by atoms with van der Waals surface area (Å²) in [6, 6.07) is 0. The van der Waals surface area contributed by atoms with Crippen LogP contribution in [0.15, 0.2) is 11.8 Å². The third-order valence-corrected chi connectivity index (χ3v) is 1.81. The molecule has 1 N–H and O–H groups in total. The first-order chi connectivity index (χ1) is 6.45. The number of hydrogen-bond donors (Lipinski definition) is 1. The molecule has 1 aliphatic rings. The van der Waals surface area contributed by atoms with Gasteiger partial charge in [0.25, 0.3) is 6.10 Å². The second-order valence-corrected chi connectivity index (χ2v) is 2.75. The molecule has 1 unspecified atom stereocenters. The lowest BCUT2D eigenvalue weighted by molar-refractivity contribution is -0.201. The molecule has 14 heavy (non-hydrogen) atoms. The molecule has 1 rings (SSSR count). The van der Waals surface area contributed by atoms with Crippen molar-refractivity contribution in [2.24, 2.45) is 0 Å². The molecule has 82 valence electrons. The Morgan fingerprint density at radius 2 is 2.07 bits per heavy atom. The van der Waals surface area contributed by atoms with Gasteiger partial charge in [-0.05, 0) is 0 Å². The van der Waals surface area contributed by atoms with Crippen LogP contribution in [0.5, 0.6) is 0 Å². The average Bonchev–Trinajstić information content (AvgIpc) is 2.49. The van der Waals surface area contributed by atoms with E-state index >= 15 is 0 Å². The number of halogens is 4. The Morgan fingerprint density at radius 1 is 1.57 bits per heavy atom. The van der Waals surface area contributed by atoms with E-state index in [9.17, 15) is 18.0 Å². The van der Waals surface area contributed by atoms with Crippen LogP contribution in [0, 0.1) is 0 Å². The van der Waals surface area contributed by atoms with Gasteiger partial charge in [0.1, 0.15) is 5.76 Å². The Balaban J connectivity index is 0.000000791. The molecule has 0 bridgehead atoms. The number of ketones is 1. The number of carbonyl (C=O) groups is 1. The third kappa shape index (κ3) is 3.30. The number of ether oxygens (including phenoxy) is 1. The summed E-state index contributed by atoms with van der Waals surface area (Å²) in [6.07, 6.45) is -6.06. The number of aliphatic hydroxyl groups is 1. The largest absolute Gasteiger partial charge is 0.476 e. The molecule has 0 aromatic rings. The van der Waals surface area contributed by atoms with Crippen LogP contribution < -0.4 is 0 Å². The average molecular weight is 277 g/mol. The smallest absolute Gasteiger partial charge is 0.433 e. The Bertz CT molecular complexity index is 237. The summed E-state index contributed by atoms with van der Waals surface area (Å²) >= 11 is 2.89. The Kier molecular flexibility index (Phi) is 5.14. The van der Waals surface area contributed by atoms with Crippen molar-refractivity contribution in [3.63, 3.8) is 0 Å². The van der Waals surface area contributed by atoms with Gasteiger partial charge in [0.05, 0.1) is 5.33 Å². The van der Waals surface area contributed by atoms with Crippen molar-refractivity contribution in [2.45, 2.75) is 12.3 Å². The number of carbonyl (C=O) groups excluding carboxylic acids is 1. The number of rotatable bonds is 1. The highest BCUT2D eigenvalue weighted by atomic mass is 79.9. The molecule has 1 aliphatic heterocycles. The summed E-state index contributed by atoms with van der Waals surface area (Å²) in [7, 11) is 1.00. The second-order valence-electron chi connectivity index (χ2n) is 2.19. The van der Waals surface area contributed by atoms with Crippen molar-refractivity contribution in [2.75, 3.05) is 12.4 Å². The van der Waals surface area contributed by atoms with Gasteiger partial charge in [-0.25, -0.2) is 0 Å². The lowest BCUT2D eigenvalue weighted by Crippen LogP contribution is -2.34. The van der Waals surface area contributed by atoms with Crippen molar-refractivity contribution in [3.05, 3.63) is 11.8 Å². The predicted molar refractivity (Wildman–Crippen MR) is 46.0 cm³/mol. The molecule has 0 aromatic heterocycles. The molecule has 7 heteroatoms. The summed E-state index contributed by atoms with van der Waals surface area (Å²) in [6.45, 7) is 0. The zero-order chi connectivity index (χ0) is 11.4. The van der Waals surface area contributed by atoms with Crippen LogP contribution in [-0.2, 0) is 9.53 Å². The standard InChI is InChI=1S/C6H4BrF3O2.CH4O/c7-2-3-1-4(11)5(12-3)6(8,9)10;1-2/h1,5H,2H2;2H,1H3. The van der Waals surface area contributed by atoms with Crippen LogP contribution in [0.3, 0.4) is 0 Å². The molecule has 0 saturated heterocycles. The Hall–Kier alpha value is -0.560. The molecule has 0 saturated carbocycles. The fourth-order valence-electron chi connectivity index (χ4n) is 0.776. The van der Waals surface area contributed by atoms with Gasteiger partial charge in [-0.3, -0.25) is 4.79 Å². The van der Waals surface area contributed by atoms with E-state index in [0.29, 0.717) is 0 Å². The van der Waals surface area contributed by atoms with Crippen LogP contribution in [0.4, 0.5) is 13.2 Å². The fraction of sp³-hybridized carbons (Fsp3) is 0.571. The minimum absolute atomic E-state index is 0.0160. The predicted octanol–water partition coefficient (Wildman–Crippen LogP) is 1.40. The summed E-state index contributed by atoms with van der Waals surface area (Å²) in [4.78, 5) is 10.6. The SMILES string of the molecule is CO.O=C1C=C(CBr)OC1C(F)(F)F. The summed E-state index contributed by atoms with van der Waals surface area (Å²) in [5.41, 5.74) is 0. The maximum absolute atomic E-state index is 11.9. The molecular weight excluding hydrogens is 269 g/mol. The number of alkyl halides is 4. The highest BCUT2D eigenvalue weighted by molar-refractivity contribution is 9.09. The quantitative estimate of drug-likeness (QED) is 0.737. The van der Waals surface area contributed by atoms with E-state index in [1.165, 1.54) is 0 Å². The minimum atomic E-state index is -4.61. The zero-order valence-corrected chi connectivity index (χ0v) is 8.72. The fourth-order valence-corrected chi connectivity index (χ4v) is 1.07. The lowest BCUT2D eigenvalue weighted by atomic mass is 10.2. The van der Waals surface area contributed by atoms with Crippen molar-refractivity contribution in [1.82, 2.24) is 0 Å². The van der Waals surface area contributed by atoms with Gasteiger partial charge in [-0.1, -0.05) is 15.9 Å². The summed E-state index contributed by atoms with van der Waals surface area (Å²) in [5, 5.41) is 7.12. The van der Waals surface area contributed by atoms with E-state index < -0.39 is 18.1 Å². The number of aliphatic hydroxyl groups excluding tert-OH is 1. The molecule has 3 nitrogen and oxygen atoms in total. The topological polar surface area (TPSA) is 46.5 Å². The van der Waals surface area contributed by atoms with Crippen LogP contribution in [0.1, 0.15) is 0 Å². The van der Waals surface area contributed by atoms with E-state index in [-0.39, 0.29) is 11.1 Å². The third-order valence-electron chi connectivity index (χ3n) is 1.26. The maximum Gasteiger partial charge on any atom is 0.433 e. The van der Waals surface area contributed by atoms with Crippen LogP contribution >= 0.6 is 15.9 Å². The van der Waals surface area contributed by atoms with E-state index in [0.717, 1.165) is 13.2 Å². The highest BCUT2D eigenvalue weighted by Crippen LogP contribution is 2.30. The van der Waals surface area contributed by atoms with Crippen LogP contribution in [-0.4, -0.2) is 35.6 Å². The summed E-state index contributed by atoms with van der Waals surface area (Å²) < 4.78 is 40.1. The van der Waals surface area contributed by atoms with Crippen molar-refractivity contribution in [1.29, 1.82) is 0 Å². The first-order valence-corrected chi connectivity index (χ1v) is 4.56. The Morgan fingerprint density at radius 3 is 2.29 bits per heavy atom. The number of allylic oxidation sites excluding steroid dienone is 1. The van der Waals surface area contributed by atoms with Crippen molar-refractivity contribution >= 4 is 21.7 Å². The van der Waals surface area contributed by atoms with Gasteiger partial charge in [0.15, 0.2) is 0 Å². The van der Waals surface area contributed by atoms with Gasteiger partial charge in [0, 0.05) is 13.2 Å². The molecule has 0 amide bonds. The molecule has 0 radical (unpaired) electrons. The van der Waals surface area contributed by atoms with E-state index in [2.05, 4.69) is 20.7 Å². The molecule has 0 spiro atoms. The van der Waals surface area contributed by atoms with Gasteiger partial charge in [-0.2, -0.15) is 13.2 Å². The maximum atomic E-state index is 11.9. The zero-order valence-electron chi connectivity index (χ0n) is 7.14. The molecule has 0 aromatic carbocycles. The highest BCUT2D eigenvalue weighted by Gasteiger charge is 2.49. The summed E-state index contributed by atoms with van der Waals surface area (Å²) in [5.74, 6) is -1.03. The Labute approximate surface area is 86.7 Å². The van der Waals surface area contributed by atoms with Gasteiger partial charge < -0.3 is 9.84 Å². The second kappa shape index (κ2) is 5.35. The van der Waals surface area contributed by atoms with E-state index in [1.54, 1.807) is 0 Å². The van der Waals surface area contributed by atoms with E-state index in [4.69, 9.17) is 5.11 Å².